The summed E-state index contributed by atoms with van der Waals surface area (Å²) in [6.07, 6.45) is 1.53. The number of hydrogen-bond acceptors (Lipinski definition) is 7. The van der Waals surface area contributed by atoms with Crippen LogP contribution >= 0.6 is 0 Å². The van der Waals surface area contributed by atoms with Gasteiger partial charge in [-0.15, -0.1) is 0 Å². The van der Waals surface area contributed by atoms with Gasteiger partial charge >= 0.3 is 0 Å². The summed E-state index contributed by atoms with van der Waals surface area (Å²) in [5, 5.41) is 0. The number of aryl methyl sites for hydroxylation is 3. The fourth-order valence-corrected chi connectivity index (χ4v) is 4.47. The fraction of sp³-hybridized carbons (Fsp3) is 0.474. The molecule has 0 amide bonds. The van der Waals surface area contributed by atoms with Crippen LogP contribution < -0.4 is 14.5 Å². The highest BCUT2D eigenvalue weighted by Gasteiger charge is 2.22. The Balaban J connectivity index is 1.95. The molecule has 1 N–H and O–H groups in total. The number of morpholine rings is 1. The molecule has 1 aliphatic rings. The van der Waals surface area contributed by atoms with Gasteiger partial charge in [-0.1, -0.05) is 6.07 Å². The summed E-state index contributed by atoms with van der Waals surface area (Å²) in [5.41, 5.74) is 3.04. The van der Waals surface area contributed by atoms with E-state index < -0.39 is 10.0 Å². The van der Waals surface area contributed by atoms with E-state index >= 15 is 0 Å². The standard InChI is InChI=1S/C19H27N5O3S/c1-13-10-15(3)17(11-14(13)2)28(25,26)22-16-12-20-19(21-18(16)23(4)5)24-6-8-27-9-7-24/h10-12,22H,6-9H2,1-5H3. The van der Waals surface area contributed by atoms with Crippen molar-refractivity contribution in [3.63, 3.8) is 0 Å². The molecule has 2 aromatic rings. The summed E-state index contributed by atoms with van der Waals surface area (Å²) in [6.45, 7) is 8.33. The molecule has 8 nitrogen and oxygen atoms in total. The molecule has 1 aliphatic heterocycles. The van der Waals surface area contributed by atoms with Crippen molar-refractivity contribution in [3.8, 4) is 0 Å². The Morgan fingerprint density at radius 2 is 1.71 bits per heavy atom. The predicted molar refractivity (Wildman–Crippen MR) is 111 cm³/mol. The SMILES string of the molecule is Cc1cc(C)c(S(=O)(=O)Nc2cnc(N3CCOCC3)nc2N(C)C)cc1C. The second-order valence-electron chi connectivity index (χ2n) is 7.21. The van der Waals surface area contributed by atoms with E-state index in [1.54, 1.807) is 17.9 Å². The summed E-state index contributed by atoms with van der Waals surface area (Å²) in [4.78, 5) is 13.0. The molecule has 0 bridgehead atoms. The van der Waals surface area contributed by atoms with Crippen LogP contribution in [-0.4, -0.2) is 58.8 Å². The number of aromatic nitrogens is 2. The van der Waals surface area contributed by atoms with E-state index in [9.17, 15) is 8.42 Å². The molecule has 1 aromatic heterocycles. The minimum atomic E-state index is -3.77. The van der Waals surface area contributed by atoms with Crippen LogP contribution in [-0.2, 0) is 14.8 Å². The van der Waals surface area contributed by atoms with Crippen LogP contribution in [0.4, 0.5) is 17.5 Å². The zero-order valence-corrected chi connectivity index (χ0v) is 17.8. The van der Waals surface area contributed by atoms with Gasteiger partial charge < -0.3 is 14.5 Å². The molecule has 1 fully saturated rings. The number of benzene rings is 1. The third kappa shape index (κ3) is 4.20. The Kier molecular flexibility index (Phi) is 5.76. The maximum Gasteiger partial charge on any atom is 0.262 e. The molecule has 9 heteroatoms. The second-order valence-corrected chi connectivity index (χ2v) is 8.86. The molecule has 28 heavy (non-hydrogen) atoms. The summed E-state index contributed by atoms with van der Waals surface area (Å²) in [7, 11) is -0.119. The first-order valence-corrected chi connectivity index (χ1v) is 10.6. The van der Waals surface area contributed by atoms with Crippen LogP contribution in [0.25, 0.3) is 0 Å². The first kappa shape index (κ1) is 20.3. The van der Waals surface area contributed by atoms with Gasteiger partial charge in [-0.05, 0) is 43.5 Å². The highest BCUT2D eigenvalue weighted by molar-refractivity contribution is 7.92. The van der Waals surface area contributed by atoms with Crippen molar-refractivity contribution >= 4 is 27.5 Å². The van der Waals surface area contributed by atoms with Crippen LogP contribution in [0, 0.1) is 20.8 Å². The number of nitrogens with zero attached hydrogens (tertiary/aromatic N) is 4. The van der Waals surface area contributed by atoms with Crippen molar-refractivity contribution in [2.75, 3.05) is 54.9 Å². The highest BCUT2D eigenvalue weighted by Crippen LogP contribution is 2.28. The Morgan fingerprint density at radius 1 is 1.07 bits per heavy atom. The predicted octanol–water partition coefficient (Wildman–Crippen LogP) is 2.11. The van der Waals surface area contributed by atoms with Crippen LogP contribution in [0.2, 0.25) is 0 Å². The van der Waals surface area contributed by atoms with Crippen LogP contribution in [0.1, 0.15) is 16.7 Å². The van der Waals surface area contributed by atoms with Crippen molar-refractivity contribution in [3.05, 3.63) is 35.0 Å². The lowest BCUT2D eigenvalue weighted by atomic mass is 10.1. The Hall–Kier alpha value is -2.39. The number of nitrogens with one attached hydrogen (secondary N) is 1. The van der Waals surface area contributed by atoms with Gasteiger partial charge in [0.2, 0.25) is 5.95 Å². The van der Waals surface area contributed by atoms with Crippen LogP contribution in [0.3, 0.4) is 0 Å². The largest absolute Gasteiger partial charge is 0.378 e. The first-order valence-electron chi connectivity index (χ1n) is 9.17. The average molecular weight is 406 g/mol. The van der Waals surface area contributed by atoms with E-state index in [1.807, 2.05) is 38.9 Å². The molecule has 0 saturated carbocycles. The summed E-state index contributed by atoms with van der Waals surface area (Å²) < 4.78 is 34.1. The molecular formula is C19H27N5O3S. The van der Waals surface area contributed by atoms with Crippen molar-refractivity contribution in [2.45, 2.75) is 25.7 Å². The minimum absolute atomic E-state index is 0.262. The third-order valence-electron chi connectivity index (χ3n) is 4.80. The van der Waals surface area contributed by atoms with Crippen molar-refractivity contribution in [1.29, 1.82) is 0 Å². The van der Waals surface area contributed by atoms with E-state index in [4.69, 9.17) is 4.74 Å². The highest BCUT2D eigenvalue weighted by atomic mass is 32.2. The second kappa shape index (κ2) is 7.92. The van der Waals surface area contributed by atoms with Crippen molar-refractivity contribution in [2.24, 2.45) is 0 Å². The smallest absolute Gasteiger partial charge is 0.262 e. The molecule has 0 aliphatic carbocycles. The average Bonchev–Trinajstić information content (AvgIpc) is 2.65. The molecule has 3 rings (SSSR count). The molecule has 1 saturated heterocycles. The number of anilines is 3. The van der Waals surface area contributed by atoms with E-state index in [0.717, 1.165) is 11.1 Å². The Bertz CT molecular complexity index is 970. The van der Waals surface area contributed by atoms with Gasteiger partial charge in [-0.25, -0.2) is 13.4 Å². The van der Waals surface area contributed by atoms with Gasteiger partial charge in [0, 0.05) is 27.2 Å². The number of sulfonamides is 1. The monoisotopic (exact) mass is 405 g/mol. The molecule has 2 heterocycles. The lowest BCUT2D eigenvalue weighted by Gasteiger charge is -2.28. The van der Waals surface area contributed by atoms with E-state index in [0.29, 0.717) is 49.3 Å². The van der Waals surface area contributed by atoms with E-state index in [1.165, 1.54) is 6.20 Å². The number of hydrogen-bond donors (Lipinski definition) is 1. The Morgan fingerprint density at radius 3 is 2.36 bits per heavy atom. The van der Waals surface area contributed by atoms with E-state index in [2.05, 4.69) is 14.7 Å². The molecule has 0 radical (unpaired) electrons. The minimum Gasteiger partial charge on any atom is -0.378 e. The van der Waals surface area contributed by atoms with Crippen molar-refractivity contribution < 1.29 is 13.2 Å². The topological polar surface area (TPSA) is 87.7 Å². The van der Waals surface area contributed by atoms with E-state index in [-0.39, 0.29) is 4.90 Å². The van der Waals surface area contributed by atoms with Crippen molar-refractivity contribution in [1.82, 2.24) is 9.97 Å². The van der Waals surface area contributed by atoms with Gasteiger partial charge in [0.05, 0.1) is 24.3 Å². The summed E-state index contributed by atoms with van der Waals surface area (Å²) in [5.74, 6) is 1.08. The quantitative estimate of drug-likeness (QED) is 0.815. The zero-order valence-electron chi connectivity index (χ0n) is 17.0. The fourth-order valence-electron chi connectivity index (χ4n) is 3.12. The van der Waals surface area contributed by atoms with Gasteiger partial charge in [-0.3, -0.25) is 4.72 Å². The lowest BCUT2D eigenvalue weighted by molar-refractivity contribution is 0.122. The Labute approximate surface area is 166 Å². The molecule has 152 valence electrons. The normalized spacial score (nSPS) is 14.8. The number of ether oxygens (including phenoxy) is 1. The van der Waals surface area contributed by atoms with Crippen LogP contribution in [0.5, 0.6) is 0 Å². The van der Waals surface area contributed by atoms with Gasteiger partial charge in [0.15, 0.2) is 5.82 Å². The summed E-state index contributed by atoms with van der Waals surface area (Å²) in [6, 6.07) is 3.58. The van der Waals surface area contributed by atoms with Crippen LogP contribution in [0.15, 0.2) is 23.2 Å². The maximum atomic E-state index is 13.0. The molecular weight excluding hydrogens is 378 g/mol. The first-order chi connectivity index (χ1) is 13.2. The maximum absolute atomic E-state index is 13.0. The summed E-state index contributed by atoms with van der Waals surface area (Å²) >= 11 is 0. The lowest BCUT2D eigenvalue weighted by Crippen LogP contribution is -2.37. The molecule has 0 atom stereocenters. The zero-order chi connectivity index (χ0) is 20.5. The van der Waals surface area contributed by atoms with Gasteiger partial charge in [-0.2, -0.15) is 4.98 Å². The van der Waals surface area contributed by atoms with Gasteiger partial charge in [0.1, 0.15) is 5.69 Å². The molecule has 0 spiro atoms. The number of rotatable bonds is 5. The molecule has 0 unspecified atom stereocenters. The third-order valence-corrected chi connectivity index (χ3v) is 6.31. The van der Waals surface area contributed by atoms with Gasteiger partial charge in [0.25, 0.3) is 10.0 Å². The molecule has 1 aromatic carbocycles.